The zero-order valence-corrected chi connectivity index (χ0v) is 22.8. The molecule has 0 aromatic heterocycles. The molecule has 0 aliphatic carbocycles. The summed E-state index contributed by atoms with van der Waals surface area (Å²) in [5.41, 5.74) is 2.80. The molecule has 0 heterocycles. The van der Waals surface area contributed by atoms with Crippen molar-refractivity contribution in [3.8, 4) is 0 Å². The van der Waals surface area contributed by atoms with Crippen molar-refractivity contribution in [2.45, 2.75) is 37.8 Å². The Morgan fingerprint density at radius 1 is 0.919 bits per heavy atom. The molecule has 7 nitrogen and oxygen atoms in total. The zero-order chi connectivity index (χ0) is 27.0. The summed E-state index contributed by atoms with van der Waals surface area (Å²) in [6.45, 7) is 3.91. The topological polar surface area (TPSA) is 86.8 Å². The molecule has 1 N–H and O–H groups in total. The van der Waals surface area contributed by atoms with Gasteiger partial charge in [0.15, 0.2) is 0 Å². The van der Waals surface area contributed by atoms with Gasteiger partial charge in [-0.2, -0.15) is 4.31 Å². The van der Waals surface area contributed by atoms with Crippen molar-refractivity contribution < 1.29 is 18.0 Å². The summed E-state index contributed by atoms with van der Waals surface area (Å²) in [5, 5.41) is 3.24. The zero-order valence-electron chi connectivity index (χ0n) is 21.2. The van der Waals surface area contributed by atoms with Crippen molar-refractivity contribution in [1.29, 1.82) is 0 Å². The normalized spacial score (nSPS) is 12.2. The highest BCUT2D eigenvalue weighted by atomic mass is 35.5. The summed E-state index contributed by atoms with van der Waals surface area (Å²) in [7, 11) is -2.60. The van der Waals surface area contributed by atoms with E-state index in [0.29, 0.717) is 11.6 Å². The lowest BCUT2D eigenvalue weighted by Gasteiger charge is -2.32. The number of hydrogen-bond donors (Lipinski definition) is 1. The molecule has 1 atom stereocenters. The number of benzene rings is 3. The summed E-state index contributed by atoms with van der Waals surface area (Å²) in [6.07, 6.45) is 0.290. The van der Waals surface area contributed by atoms with Crippen molar-refractivity contribution in [2.75, 3.05) is 20.1 Å². The van der Waals surface area contributed by atoms with Crippen LogP contribution in [0.4, 0.5) is 0 Å². The largest absolute Gasteiger partial charge is 0.355 e. The summed E-state index contributed by atoms with van der Waals surface area (Å²) < 4.78 is 27.3. The molecule has 3 rings (SSSR count). The van der Waals surface area contributed by atoms with E-state index in [0.717, 1.165) is 21.0 Å². The van der Waals surface area contributed by atoms with Crippen LogP contribution in [-0.2, 0) is 32.6 Å². The van der Waals surface area contributed by atoms with Gasteiger partial charge < -0.3 is 10.2 Å². The van der Waals surface area contributed by atoms with E-state index in [1.54, 1.807) is 0 Å². The molecule has 0 aliphatic heterocycles. The first kappa shape index (κ1) is 28.4. The van der Waals surface area contributed by atoms with Crippen molar-refractivity contribution in [1.82, 2.24) is 14.5 Å². The fraction of sp³-hybridized carbons (Fsp3) is 0.286. The highest BCUT2D eigenvalue weighted by Crippen LogP contribution is 2.20. The Hall–Kier alpha value is -3.20. The number of rotatable bonds is 11. The molecular formula is C28H32ClN3O4S. The van der Waals surface area contributed by atoms with Crippen molar-refractivity contribution in [2.24, 2.45) is 0 Å². The van der Waals surface area contributed by atoms with Crippen LogP contribution in [0.25, 0.3) is 0 Å². The number of amides is 2. The Morgan fingerprint density at radius 2 is 1.54 bits per heavy atom. The maximum absolute atomic E-state index is 13.7. The van der Waals surface area contributed by atoms with E-state index in [1.807, 2.05) is 68.4 Å². The number of nitrogens with zero attached hydrogens (tertiary/aromatic N) is 2. The summed E-state index contributed by atoms with van der Waals surface area (Å²) in [6, 6.07) is 22.1. The number of halogens is 1. The maximum atomic E-state index is 13.7. The minimum absolute atomic E-state index is 0.0295. The van der Waals surface area contributed by atoms with Crippen molar-refractivity contribution >= 4 is 33.4 Å². The van der Waals surface area contributed by atoms with Crippen molar-refractivity contribution in [3.05, 3.63) is 101 Å². The fourth-order valence-electron chi connectivity index (χ4n) is 3.89. The highest BCUT2D eigenvalue weighted by molar-refractivity contribution is 7.89. The number of carbonyl (C=O) groups is 2. The molecule has 3 aromatic carbocycles. The minimum Gasteiger partial charge on any atom is -0.355 e. The van der Waals surface area contributed by atoms with E-state index < -0.39 is 28.5 Å². The molecule has 0 spiro atoms. The van der Waals surface area contributed by atoms with E-state index in [-0.39, 0.29) is 23.8 Å². The van der Waals surface area contributed by atoms with Crippen LogP contribution in [0.1, 0.15) is 23.6 Å². The lowest BCUT2D eigenvalue weighted by molar-refractivity contribution is -0.141. The van der Waals surface area contributed by atoms with E-state index in [4.69, 9.17) is 11.6 Å². The molecule has 196 valence electrons. The number of carbonyl (C=O) groups excluding carboxylic acids is 2. The van der Waals surface area contributed by atoms with Gasteiger partial charge in [0, 0.05) is 31.6 Å². The van der Waals surface area contributed by atoms with Gasteiger partial charge in [0.05, 0.1) is 11.4 Å². The summed E-state index contributed by atoms with van der Waals surface area (Å²) in [5.74, 6) is -0.775. The first-order valence-corrected chi connectivity index (χ1v) is 13.8. The van der Waals surface area contributed by atoms with Crippen LogP contribution in [0.3, 0.4) is 0 Å². The van der Waals surface area contributed by atoms with Crippen LogP contribution in [0.5, 0.6) is 0 Å². The standard InChI is InChI=1S/C28H32ClN3O4S/c1-4-30-28(34)26(18-22-8-6-5-7-9-22)32(19-23-12-10-21(2)11-13-23)27(33)20-31(3)37(35,36)25-16-14-24(29)15-17-25/h5-17,26H,4,18-20H2,1-3H3,(H,30,34)/t26-/m1/s1. The Balaban J connectivity index is 1.94. The van der Waals surface area contributed by atoms with Gasteiger partial charge in [-0.3, -0.25) is 9.59 Å². The third kappa shape index (κ3) is 7.64. The van der Waals surface area contributed by atoms with Crippen LogP contribution in [0, 0.1) is 6.92 Å². The second-order valence-electron chi connectivity index (χ2n) is 8.82. The van der Waals surface area contributed by atoms with Crippen LogP contribution >= 0.6 is 11.6 Å². The molecule has 3 aromatic rings. The fourth-order valence-corrected chi connectivity index (χ4v) is 5.14. The molecule has 0 fully saturated rings. The Kier molecular flexibility index (Phi) is 9.86. The molecular weight excluding hydrogens is 510 g/mol. The summed E-state index contributed by atoms with van der Waals surface area (Å²) in [4.78, 5) is 28.4. The number of aryl methyl sites for hydroxylation is 1. The Morgan fingerprint density at radius 3 is 2.14 bits per heavy atom. The van der Waals surface area contributed by atoms with Crippen molar-refractivity contribution in [3.63, 3.8) is 0 Å². The van der Waals surface area contributed by atoms with Gasteiger partial charge in [-0.05, 0) is 49.2 Å². The SMILES string of the molecule is CCNC(=O)[C@@H](Cc1ccccc1)N(Cc1ccc(C)cc1)C(=O)CN(C)S(=O)(=O)c1ccc(Cl)cc1. The molecule has 9 heteroatoms. The molecule has 0 unspecified atom stereocenters. The molecule has 0 radical (unpaired) electrons. The summed E-state index contributed by atoms with van der Waals surface area (Å²) >= 11 is 5.90. The van der Waals surface area contributed by atoms with Crippen LogP contribution in [0.15, 0.2) is 83.8 Å². The molecule has 0 bridgehead atoms. The average Bonchev–Trinajstić information content (AvgIpc) is 2.88. The third-order valence-corrected chi connectivity index (χ3v) is 8.04. The first-order valence-electron chi connectivity index (χ1n) is 12.0. The molecule has 2 amide bonds. The maximum Gasteiger partial charge on any atom is 0.243 e. The first-order chi connectivity index (χ1) is 17.6. The number of sulfonamides is 1. The van der Waals surface area contributed by atoms with Crippen LogP contribution < -0.4 is 5.32 Å². The van der Waals surface area contributed by atoms with Crippen LogP contribution in [0.2, 0.25) is 5.02 Å². The van der Waals surface area contributed by atoms with Gasteiger partial charge in [-0.1, -0.05) is 71.8 Å². The van der Waals surface area contributed by atoms with E-state index in [9.17, 15) is 18.0 Å². The molecule has 37 heavy (non-hydrogen) atoms. The predicted molar refractivity (Wildman–Crippen MR) is 146 cm³/mol. The quantitative estimate of drug-likeness (QED) is 0.397. The van der Waals surface area contributed by atoms with Gasteiger partial charge in [0.2, 0.25) is 21.8 Å². The molecule has 0 aliphatic rings. The van der Waals surface area contributed by atoms with Gasteiger partial charge in [-0.25, -0.2) is 8.42 Å². The molecule has 0 saturated heterocycles. The van der Waals surface area contributed by atoms with Gasteiger partial charge in [0.1, 0.15) is 6.04 Å². The smallest absolute Gasteiger partial charge is 0.243 e. The Labute approximate surface area is 224 Å². The second kappa shape index (κ2) is 12.9. The monoisotopic (exact) mass is 541 g/mol. The molecule has 0 saturated carbocycles. The van der Waals surface area contributed by atoms with Gasteiger partial charge >= 0.3 is 0 Å². The number of nitrogens with one attached hydrogen (secondary N) is 1. The van der Waals surface area contributed by atoms with E-state index >= 15 is 0 Å². The van der Waals surface area contributed by atoms with E-state index in [2.05, 4.69) is 5.32 Å². The average molecular weight is 542 g/mol. The lowest BCUT2D eigenvalue weighted by atomic mass is 10.0. The van der Waals surface area contributed by atoms with Crippen LogP contribution in [-0.4, -0.2) is 55.6 Å². The third-order valence-electron chi connectivity index (χ3n) is 5.98. The lowest BCUT2D eigenvalue weighted by Crippen LogP contribution is -2.53. The number of likely N-dealkylation sites (N-methyl/N-ethyl adjacent to an activating group) is 2. The number of hydrogen-bond acceptors (Lipinski definition) is 4. The predicted octanol–water partition coefficient (Wildman–Crippen LogP) is 4.05. The van der Waals surface area contributed by atoms with E-state index in [1.165, 1.54) is 36.2 Å². The highest BCUT2D eigenvalue weighted by Gasteiger charge is 2.32. The van der Waals surface area contributed by atoms with Gasteiger partial charge in [0.25, 0.3) is 0 Å². The second-order valence-corrected chi connectivity index (χ2v) is 11.3. The Bertz CT molecular complexity index is 1300. The van der Waals surface area contributed by atoms with Gasteiger partial charge in [-0.15, -0.1) is 0 Å². The minimum atomic E-state index is -3.95.